The third-order valence-corrected chi connectivity index (χ3v) is 3.19. The van der Waals surface area contributed by atoms with Crippen LogP contribution in [0.1, 0.15) is 23.0 Å². The molecule has 1 aromatic carbocycles. The number of ether oxygens (including phenoxy) is 3. The number of hydrogen-bond donors (Lipinski definition) is 0. The van der Waals surface area contributed by atoms with Crippen LogP contribution in [0.25, 0.3) is 6.08 Å². The molecule has 0 atom stereocenters. The number of hydrogen-bond acceptors (Lipinski definition) is 6. The van der Waals surface area contributed by atoms with Gasteiger partial charge >= 0.3 is 5.97 Å². The predicted molar refractivity (Wildman–Crippen MR) is 92.7 cm³/mol. The second-order valence-corrected chi connectivity index (χ2v) is 4.92. The van der Waals surface area contributed by atoms with Gasteiger partial charge in [0.2, 0.25) is 0 Å². The molecule has 0 saturated heterocycles. The molecule has 0 bridgehead atoms. The van der Waals surface area contributed by atoms with E-state index in [1.165, 1.54) is 19.4 Å². The highest BCUT2D eigenvalue weighted by Gasteiger charge is 2.09. The van der Waals surface area contributed by atoms with Crippen LogP contribution >= 0.6 is 0 Å². The minimum Gasteiger partial charge on any atom is -0.493 e. The monoisotopic (exact) mass is 341 g/mol. The Morgan fingerprint density at radius 2 is 1.92 bits per heavy atom. The second-order valence-electron chi connectivity index (χ2n) is 4.92. The standard InChI is InChI=1S/C19H19NO5/c1-3-24-19(22)13-25-18-12-20-15(11-17(18)23-2)9-10-16(21)14-7-5-4-6-8-14/h4-12H,3,13H2,1-2H3/b10-9+. The molecular weight excluding hydrogens is 322 g/mol. The van der Waals surface area contributed by atoms with Gasteiger partial charge in [-0.15, -0.1) is 0 Å². The fourth-order valence-electron chi connectivity index (χ4n) is 2.00. The maximum Gasteiger partial charge on any atom is 0.344 e. The smallest absolute Gasteiger partial charge is 0.344 e. The number of methoxy groups -OCH3 is 1. The van der Waals surface area contributed by atoms with E-state index < -0.39 is 5.97 Å². The Morgan fingerprint density at radius 3 is 2.60 bits per heavy atom. The number of carbonyl (C=O) groups excluding carboxylic acids is 2. The fourth-order valence-corrected chi connectivity index (χ4v) is 2.00. The number of carbonyl (C=O) groups is 2. The van der Waals surface area contributed by atoms with Crippen molar-refractivity contribution in [2.24, 2.45) is 0 Å². The van der Waals surface area contributed by atoms with Crippen molar-refractivity contribution in [3.8, 4) is 11.5 Å². The highest BCUT2D eigenvalue weighted by molar-refractivity contribution is 6.06. The molecule has 0 unspecified atom stereocenters. The number of benzene rings is 1. The SMILES string of the molecule is CCOC(=O)COc1cnc(/C=C/C(=O)c2ccccc2)cc1OC. The number of aromatic nitrogens is 1. The summed E-state index contributed by atoms with van der Waals surface area (Å²) in [6.45, 7) is 1.78. The van der Waals surface area contributed by atoms with Crippen molar-refractivity contribution in [2.45, 2.75) is 6.92 Å². The molecule has 0 spiro atoms. The molecule has 6 heteroatoms. The highest BCUT2D eigenvalue weighted by atomic mass is 16.6. The lowest BCUT2D eigenvalue weighted by Gasteiger charge is -2.10. The lowest BCUT2D eigenvalue weighted by Crippen LogP contribution is -2.15. The molecule has 1 aromatic heterocycles. The van der Waals surface area contributed by atoms with E-state index in [0.717, 1.165) is 0 Å². The summed E-state index contributed by atoms with van der Waals surface area (Å²) in [4.78, 5) is 27.6. The summed E-state index contributed by atoms with van der Waals surface area (Å²) in [6.07, 6.45) is 4.47. The topological polar surface area (TPSA) is 74.7 Å². The molecule has 2 aromatic rings. The summed E-state index contributed by atoms with van der Waals surface area (Å²) in [6, 6.07) is 10.6. The summed E-state index contributed by atoms with van der Waals surface area (Å²) in [5.74, 6) is 0.138. The third kappa shape index (κ3) is 5.46. The molecule has 0 aliphatic carbocycles. The molecule has 1 heterocycles. The molecule has 6 nitrogen and oxygen atoms in total. The van der Waals surface area contributed by atoms with E-state index in [4.69, 9.17) is 14.2 Å². The quantitative estimate of drug-likeness (QED) is 0.417. The first-order chi connectivity index (χ1) is 12.1. The van der Waals surface area contributed by atoms with Crippen molar-refractivity contribution in [2.75, 3.05) is 20.3 Å². The van der Waals surface area contributed by atoms with Crippen LogP contribution in [-0.4, -0.2) is 37.1 Å². The molecule has 25 heavy (non-hydrogen) atoms. The molecule has 0 fully saturated rings. The van der Waals surface area contributed by atoms with Crippen molar-refractivity contribution in [1.82, 2.24) is 4.98 Å². The summed E-state index contributed by atoms with van der Waals surface area (Å²) in [5.41, 5.74) is 1.13. The van der Waals surface area contributed by atoms with Gasteiger partial charge in [0, 0.05) is 11.6 Å². The van der Waals surface area contributed by atoms with Gasteiger partial charge in [0.25, 0.3) is 0 Å². The summed E-state index contributed by atoms with van der Waals surface area (Å²) < 4.78 is 15.4. The van der Waals surface area contributed by atoms with Gasteiger partial charge < -0.3 is 14.2 Å². The van der Waals surface area contributed by atoms with Crippen LogP contribution < -0.4 is 9.47 Å². The molecule has 0 aliphatic rings. The van der Waals surface area contributed by atoms with Gasteiger partial charge in [-0.3, -0.25) is 9.78 Å². The molecular formula is C19H19NO5. The summed E-state index contributed by atoms with van der Waals surface area (Å²) in [5, 5.41) is 0. The van der Waals surface area contributed by atoms with E-state index in [1.54, 1.807) is 43.3 Å². The first kappa shape index (κ1) is 18.2. The van der Waals surface area contributed by atoms with Crippen LogP contribution in [0.2, 0.25) is 0 Å². The fraction of sp³-hybridized carbons (Fsp3) is 0.211. The third-order valence-electron chi connectivity index (χ3n) is 3.19. The van der Waals surface area contributed by atoms with Gasteiger partial charge in [0.1, 0.15) is 0 Å². The molecule has 0 amide bonds. The van der Waals surface area contributed by atoms with E-state index in [1.807, 2.05) is 6.07 Å². The van der Waals surface area contributed by atoms with E-state index >= 15 is 0 Å². The molecule has 0 radical (unpaired) electrons. The van der Waals surface area contributed by atoms with Crippen LogP contribution in [0.3, 0.4) is 0 Å². The van der Waals surface area contributed by atoms with Crippen LogP contribution in [-0.2, 0) is 9.53 Å². The van der Waals surface area contributed by atoms with Gasteiger partial charge in [-0.1, -0.05) is 30.3 Å². The van der Waals surface area contributed by atoms with Crippen LogP contribution in [0, 0.1) is 0 Å². The molecule has 2 rings (SSSR count). The van der Waals surface area contributed by atoms with E-state index in [2.05, 4.69) is 4.98 Å². The zero-order valence-corrected chi connectivity index (χ0v) is 14.1. The lowest BCUT2D eigenvalue weighted by molar-refractivity contribution is -0.145. The van der Waals surface area contributed by atoms with Crippen molar-refractivity contribution in [3.63, 3.8) is 0 Å². The number of nitrogens with zero attached hydrogens (tertiary/aromatic N) is 1. The lowest BCUT2D eigenvalue weighted by atomic mass is 10.1. The molecule has 0 N–H and O–H groups in total. The normalized spacial score (nSPS) is 10.5. The van der Waals surface area contributed by atoms with E-state index in [9.17, 15) is 9.59 Å². The van der Waals surface area contributed by atoms with Crippen LogP contribution in [0.5, 0.6) is 11.5 Å². The van der Waals surface area contributed by atoms with Gasteiger partial charge in [-0.25, -0.2) is 4.79 Å². The Morgan fingerprint density at radius 1 is 1.16 bits per heavy atom. The van der Waals surface area contributed by atoms with Gasteiger partial charge in [-0.05, 0) is 19.1 Å². The van der Waals surface area contributed by atoms with Gasteiger partial charge in [-0.2, -0.15) is 0 Å². The average molecular weight is 341 g/mol. The first-order valence-corrected chi connectivity index (χ1v) is 7.74. The maximum absolute atomic E-state index is 12.1. The largest absolute Gasteiger partial charge is 0.493 e. The number of allylic oxidation sites excluding steroid dienone is 1. The minimum atomic E-state index is -0.470. The van der Waals surface area contributed by atoms with Crippen molar-refractivity contribution in [1.29, 1.82) is 0 Å². The van der Waals surface area contributed by atoms with E-state index in [0.29, 0.717) is 22.8 Å². The zero-order chi connectivity index (χ0) is 18.1. The molecule has 0 saturated carbocycles. The second kappa shape index (κ2) is 9.22. The Labute approximate surface area is 146 Å². The summed E-state index contributed by atoms with van der Waals surface area (Å²) >= 11 is 0. The Bertz CT molecular complexity index is 756. The van der Waals surface area contributed by atoms with Gasteiger partial charge in [0.05, 0.1) is 25.6 Å². The molecule has 130 valence electrons. The van der Waals surface area contributed by atoms with Crippen LogP contribution in [0.4, 0.5) is 0 Å². The van der Waals surface area contributed by atoms with Crippen molar-refractivity contribution in [3.05, 3.63) is 59.9 Å². The zero-order valence-electron chi connectivity index (χ0n) is 14.1. The highest BCUT2D eigenvalue weighted by Crippen LogP contribution is 2.26. The number of esters is 1. The predicted octanol–water partition coefficient (Wildman–Crippen LogP) is 2.93. The molecule has 0 aliphatic heterocycles. The van der Waals surface area contributed by atoms with Gasteiger partial charge in [0.15, 0.2) is 23.9 Å². The number of rotatable bonds is 8. The number of pyridine rings is 1. The minimum absolute atomic E-state index is 0.121. The Kier molecular flexibility index (Phi) is 6.71. The Hall–Kier alpha value is -3.15. The van der Waals surface area contributed by atoms with Crippen LogP contribution in [0.15, 0.2) is 48.7 Å². The Balaban J connectivity index is 2.06. The average Bonchev–Trinajstić information content (AvgIpc) is 2.65. The summed E-state index contributed by atoms with van der Waals surface area (Å²) in [7, 11) is 1.48. The maximum atomic E-state index is 12.1. The van der Waals surface area contributed by atoms with Crippen molar-refractivity contribution >= 4 is 17.8 Å². The van der Waals surface area contributed by atoms with Crippen molar-refractivity contribution < 1.29 is 23.8 Å². The first-order valence-electron chi connectivity index (χ1n) is 7.74. The number of ketones is 1. The van der Waals surface area contributed by atoms with E-state index in [-0.39, 0.29) is 19.0 Å².